The van der Waals surface area contributed by atoms with Crippen LogP contribution in [-0.2, 0) is 4.79 Å². The molecular formula is C21H25NO3Si. The Labute approximate surface area is 155 Å². The van der Waals surface area contributed by atoms with Crippen molar-refractivity contribution in [2.75, 3.05) is 0 Å². The molecule has 0 radical (unpaired) electrons. The Kier molecular flexibility index (Phi) is 6.26. The van der Waals surface area contributed by atoms with Crippen LogP contribution in [0.3, 0.4) is 0 Å². The van der Waals surface area contributed by atoms with Gasteiger partial charge in [0.1, 0.15) is 5.78 Å². The van der Waals surface area contributed by atoms with Crippen molar-refractivity contribution >= 4 is 25.1 Å². The third-order valence-electron chi connectivity index (χ3n) is 4.07. The minimum atomic E-state index is -1.56. The van der Waals surface area contributed by atoms with E-state index < -0.39 is 13.0 Å². The van der Waals surface area contributed by atoms with Crippen molar-refractivity contribution in [2.24, 2.45) is 0 Å². The van der Waals surface area contributed by atoms with E-state index >= 15 is 0 Å². The number of allylic oxidation sites excluding steroid dienone is 1. The number of rotatable bonds is 7. The van der Waals surface area contributed by atoms with E-state index in [0.29, 0.717) is 6.42 Å². The molecule has 4 nitrogen and oxygen atoms in total. The zero-order chi connectivity index (χ0) is 19.3. The first kappa shape index (κ1) is 19.8. The van der Waals surface area contributed by atoms with Gasteiger partial charge in [0.2, 0.25) is 0 Å². The average Bonchev–Trinajstić information content (AvgIpc) is 2.58. The Morgan fingerprint density at radius 2 is 1.65 bits per heavy atom. The van der Waals surface area contributed by atoms with Gasteiger partial charge >= 0.3 is 0 Å². The maximum Gasteiger partial charge on any atom is 0.269 e. The van der Waals surface area contributed by atoms with Gasteiger partial charge in [-0.15, -0.1) is 0 Å². The molecule has 0 fully saturated rings. The van der Waals surface area contributed by atoms with Gasteiger partial charge in [-0.3, -0.25) is 14.9 Å². The van der Waals surface area contributed by atoms with E-state index in [-0.39, 0.29) is 17.4 Å². The SMILES string of the molecule is CC(=O)CC(/C(=C/[Si](C)(C)C)c1ccccc1)c1ccc([N+](=O)[O-])cc1. The Morgan fingerprint density at radius 3 is 2.12 bits per heavy atom. The Morgan fingerprint density at radius 1 is 1.08 bits per heavy atom. The number of nitrogens with zero attached hydrogens (tertiary/aromatic N) is 1. The van der Waals surface area contributed by atoms with E-state index in [1.54, 1.807) is 19.1 Å². The molecule has 0 saturated heterocycles. The highest BCUT2D eigenvalue weighted by Crippen LogP contribution is 2.37. The number of hydrogen-bond acceptors (Lipinski definition) is 3. The monoisotopic (exact) mass is 367 g/mol. The Hall–Kier alpha value is -2.53. The van der Waals surface area contributed by atoms with Crippen molar-refractivity contribution in [1.29, 1.82) is 0 Å². The summed E-state index contributed by atoms with van der Waals surface area (Å²) in [5, 5.41) is 10.9. The van der Waals surface area contributed by atoms with Crippen LogP contribution in [0.15, 0.2) is 60.3 Å². The molecule has 1 unspecified atom stereocenters. The molecule has 0 heterocycles. The fraction of sp³-hybridized carbons (Fsp3) is 0.286. The topological polar surface area (TPSA) is 60.2 Å². The predicted octanol–water partition coefficient (Wildman–Crippen LogP) is 5.62. The lowest BCUT2D eigenvalue weighted by molar-refractivity contribution is -0.384. The Bertz CT molecular complexity index is 805. The van der Waals surface area contributed by atoms with Gasteiger partial charge in [0.25, 0.3) is 5.69 Å². The summed E-state index contributed by atoms with van der Waals surface area (Å²) in [6.07, 6.45) is 0.378. The molecular weight excluding hydrogens is 342 g/mol. The standard InChI is InChI=1S/C21H25NO3Si/c1-16(23)14-20(18-10-12-19(13-11-18)22(24)25)21(15-26(2,3)4)17-8-6-5-7-9-17/h5-13,15,20H,14H2,1-4H3/b21-15+. The zero-order valence-electron chi connectivity index (χ0n) is 15.7. The van der Waals surface area contributed by atoms with E-state index in [0.717, 1.165) is 16.7 Å². The number of carbonyl (C=O) groups is 1. The van der Waals surface area contributed by atoms with Crippen molar-refractivity contribution in [3.8, 4) is 0 Å². The highest BCUT2D eigenvalue weighted by Gasteiger charge is 2.23. The van der Waals surface area contributed by atoms with Gasteiger partial charge in [-0.1, -0.05) is 67.8 Å². The molecule has 5 heteroatoms. The summed E-state index contributed by atoms with van der Waals surface area (Å²) in [7, 11) is -1.56. The van der Waals surface area contributed by atoms with E-state index in [1.165, 1.54) is 12.1 Å². The summed E-state index contributed by atoms with van der Waals surface area (Å²) in [6.45, 7) is 8.37. The lowest BCUT2D eigenvalue weighted by atomic mass is 9.84. The molecule has 2 aromatic rings. The molecule has 2 aromatic carbocycles. The lowest BCUT2D eigenvalue weighted by Crippen LogP contribution is -2.19. The molecule has 0 amide bonds. The highest BCUT2D eigenvalue weighted by atomic mass is 28.3. The third kappa shape index (κ3) is 5.49. The number of ketones is 1. The molecule has 0 bridgehead atoms. The van der Waals surface area contributed by atoms with E-state index in [4.69, 9.17) is 0 Å². The molecule has 0 N–H and O–H groups in total. The van der Waals surface area contributed by atoms with Gasteiger partial charge in [-0.05, 0) is 23.6 Å². The maximum atomic E-state index is 12.0. The van der Waals surface area contributed by atoms with Crippen LogP contribution in [0.25, 0.3) is 5.57 Å². The number of Topliss-reactive ketones (excluding diaryl/α,β-unsaturated/α-hetero) is 1. The second kappa shape index (κ2) is 8.23. The van der Waals surface area contributed by atoms with Crippen LogP contribution < -0.4 is 0 Å². The van der Waals surface area contributed by atoms with Gasteiger partial charge in [0, 0.05) is 24.5 Å². The van der Waals surface area contributed by atoms with E-state index in [2.05, 4.69) is 37.5 Å². The maximum absolute atomic E-state index is 12.0. The summed E-state index contributed by atoms with van der Waals surface area (Å²) in [5.74, 6) is -0.00631. The first-order valence-corrected chi connectivity index (χ1v) is 12.3. The quantitative estimate of drug-likeness (QED) is 0.362. The van der Waals surface area contributed by atoms with E-state index in [9.17, 15) is 14.9 Å². The molecule has 0 aliphatic carbocycles. The summed E-state index contributed by atoms with van der Waals surface area (Å²) < 4.78 is 0. The molecule has 136 valence electrons. The molecule has 0 aliphatic heterocycles. The van der Waals surface area contributed by atoms with Crippen LogP contribution in [0.2, 0.25) is 19.6 Å². The number of nitro benzene ring substituents is 1. The van der Waals surface area contributed by atoms with Crippen LogP contribution in [-0.4, -0.2) is 18.8 Å². The molecule has 2 rings (SSSR count). The lowest BCUT2D eigenvalue weighted by Gasteiger charge is -2.24. The summed E-state index contributed by atoms with van der Waals surface area (Å²) in [4.78, 5) is 22.5. The van der Waals surface area contributed by atoms with Crippen LogP contribution in [0, 0.1) is 10.1 Å². The molecule has 0 aliphatic rings. The van der Waals surface area contributed by atoms with Gasteiger partial charge in [0.05, 0.1) is 13.0 Å². The predicted molar refractivity (Wildman–Crippen MR) is 109 cm³/mol. The summed E-state index contributed by atoms with van der Waals surface area (Å²) in [6, 6.07) is 16.7. The van der Waals surface area contributed by atoms with Crippen molar-refractivity contribution in [2.45, 2.75) is 38.9 Å². The van der Waals surface area contributed by atoms with Gasteiger partial charge in [-0.2, -0.15) is 0 Å². The van der Waals surface area contributed by atoms with Crippen LogP contribution in [0.5, 0.6) is 0 Å². The van der Waals surface area contributed by atoms with Gasteiger partial charge in [0.15, 0.2) is 0 Å². The minimum absolute atomic E-state index is 0.0609. The number of nitro groups is 1. The molecule has 0 spiro atoms. The average molecular weight is 368 g/mol. The number of carbonyl (C=O) groups excluding carboxylic acids is 1. The van der Waals surface area contributed by atoms with Gasteiger partial charge in [-0.25, -0.2) is 0 Å². The van der Waals surface area contributed by atoms with Crippen LogP contribution >= 0.6 is 0 Å². The fourth-order valence-corrected chi connectivity index (χ4v) is 4.31. The highest BCUT2D eigenvalue weighted by molar-refractivity contribution is 6.81. The molecule has 0 saturated carbocycles. The van der Waals surface area contributed by atoms with Gasteiger partial charge < -0.3 is 0 Å². The van der Waals surface area contributed by atoms with E-state index in [1.807, 2.05) is 18.2 Å². The van der Waals surface area contributed by atoms with Crippen molar-refractivity contribution < 1.29 is 9.72 Å². The van der Waals surface area contributed by atoms with Crippen molar-refractivity contribution in [1.82, 2.24) is 0 Å². The third-order valence-corrected chi connectivity index (χ3v) is 5.25. The second-order valence-corrected chi connectivity index (χ2v) is 12.7. The Balaban J connectivity index is 2.58. The first-order valence-electron chi connectivity index (χ1n) is 8.69. The minimum Gasteiger partial charge on any atom is -0.300 e. The van der Waals surface area contributed by atoms with Crippen LogP contribution in [0.1, 0.15) is 30.4 Å². The normalized spacial score (nSPS) is 13.3. The fourth-order valence-electron chi connectivity index (χ4n) is 3.01. The second-order valence-electron chi connectivity index (χ2n) is 7.64. The van der Waals surface area contributed by atoms with Crippen molar-refractivity contribution in [3.63, 3.8) is 0 Å². The number of benzene rings is 2. The number of non-ortho nitro benzene ring substituents is 1. The first-order chi connectivity index (χ1) is 12.2. The molecule has 0 aromatic heterocycles. The summed E-state index contributed by atoms with van der Waals surface area (Å²) in [5.41, 5.74) is 5.55. The zero-order valence-corrected chi connectivity index (χ0v) is 16.7. The van der Waals surface area contributed by atoms with Crippen molar-refractivity contribution in [3.05, 3.63) is 81.5 Å². The smallest absolute Gasteiger partial charge is 0.269 e. The largest absolute Gasteiger partial charge is 0.300 e. The summed E-state index contributed by atoms with van der Waals surface area (Å²) >= 11 is 0. The molecule has 26 heavy (non-hydrogen) atoms. The molecule has 1 atom stereocenters. The number of hydrogen-bond donors (Lipinski definition) is 0. The van der Waals surface area contributed by atoms with Crippen LogP contribution in [0.4, 0.5) is 5.69 Å².